The van der Waals surface area contributed by atoms with Crippen molar-refractivity contribution in [2.45, 2.75) is 19.3 Å². The number of nitrogens with two attached hydrogens (primary N) is 1. The van der Waals surface area contributed by atoms with Gasteiger partial charge in [0.25, 0.3) is 5.91 Å². The number of nitrogens with zero attached hydrogens (tertiary/aromatic N) is 1. The van der Waals surface area contributed by atoms with Gasteiger partial charge >= 0.3 is 0 Å². The first-order valence-electron chi connectivity index (χ1n) is 7.32. The van der Waals surface area contributed by atoms with E-state index in [1.165, 1.54) is 0 Å². The average Bonchev–Trinajstić information content (AvgIpc) is 2.48. The Kier molecular flexibility index (Phi) is 5.56. The van der Waals surface area contributed by atoms with E-state index in [1.54, 1.807) is 7.11 Å². The average molecular weight is 276 g/mol. The first-order chi connectivity index (χ1) is 9.76. The summed E-state index contributed by atoms with van der Waals surface area (Å²) in [5.41, 5.74) is 7.48. The third-order valence-electron chi connectivity index (χ3n) is 3.87. The van der Waals surface area contributed by atoms with Crippen molar-refractivity contribution >= 4 is 5.91 Å². The van der Waals surface area contributed by atoms with Crippen LogP contribution in [0.3, 0.4) is 0 Å². The van der Waals surface area contributed by atoms with Gasteiger partial charge < -0.3 is 15.4 Å². The van der Waals surface area contributed by atoms with Crippen LogP contribution in [0, 0.1) is 5.92 Å². The summed E-state index contributed by atoms with van der Waals surface area (Å²) >= 11 is 0. The van der Waals surface area contributed by atoms with Crippen LogP contribution < -0.4 is 5.73 Å². The van der Waals surface area contributed by atoms with Crippen molar-refractivity contribution in [3.63, 3.8) is 0 Å². The van der Waals surface area contributed by atoms with Crippen LogP contribution in [0.1, 0.15) is 28.8 Å². The topological polar surface area (TPSA) is 55.6 Å². The van der Waals surface area contributed by atoms with Crippen molar-refractivity contribution in [3.05, 3.63) is 35.4 Å². The van der Waals surface area contributed by atoms with Crippen LogP contribution in [0.4, 0.5) is 0 Å². The van der Waals surface area contributed by atoms with Gasteiger partial charge in [0.15, 0.2) is 0 Å². The van der Waals surface area contributed by atoms with Crippen molar-refractivity contribution in [1.29, 1.82) is 0 Å². The molecule has 1 aromatic rings. The Bertz CT molecular complexity index is 446. The van der Waals surface area contributed by atoms with Crippen molar-refractivity contribution in [2.24, 2.45) is 11.7 Å². The number of carbonyl (C=O) groups is 1. The molecule has 0 spiro atoms. The highest BCUT2D eigenvalue weighted by Crippen LogP contribution is 2.20. The molecule has 0 saturated carbocycles. The lowest BCUT2D eigenvalue weighted by molar-refractivity contribution is 0.0570. The molecule has 20 heavy (non-hydrogen) atoms. The van der Waals surface area contributed by atoms with Crippen LogP contribution in [0.2, 0.25) is 0 Å². The van der Waals surface area contributed by atoms with E-state index in [0.717, 1.165) is 50.1 Å². The molecule has 110 valence electrons. The SMILES string of the molecule is COCC1CCCN(C(=O)c2ccccc2CCN)C1. The lowest BCUT2D eigenvalue weighted by Gasteiger charge is -2.33. The molecular weight excluding hydrogens is 252 g/mol. The number of likely N-dealkylation sites (tertiary alicyclic amines) is 1. The number of hydrogen-bond donors (Lipinski definition) is 1. The van der Waals surface area contributed by atoms with Crippen LogP contribution in [0.15, 0.2) is 24.3 Å². The molecule has 1 aliphatic heterocycles. The van der Waals surface area contributed by atoms with Crippen molar-refractivity contribution in [1.82, 2.24) is 4.90 Å². The lowest BCUT2D eigenvalue weighted by atomic mass is 9.97. The minimum atomic E-state index is 0.134. The Labute approximate surface area is 120 Å². The fraction of sp³-hybridized carbons (Fsp3) is 0.562. The zero-order chi connectivity index (χ0) is 14.4. The summed E-state index contributed by atoms with van der Waals surface area (Å²) in [5, 5.41) is 0. The number of ether oxygens (including phenoxy) is 1. The van der Waals surface area contributed by atoms with E-state index >= 15 is 0 Å². The summed E-state index contributed by atoms with van der Waals surface area (Å²) < 4.78 is 5.22. The van der Waals surface area contributed by atoms with Crippen molar-refractivity contribution in [3.8, 4) is 0 Å². The zero-order valence-corrected chi connectivity index (χ0v) is 12.2. The number of amides is 1. The molecule has 1 atom stereocenters. The van der Waals surface area contributed by atoms with E-state index in [4.69, 9.17) is 10.5 Å². The Morgan fingerprint density at radius 3 is 3.00 bits per heavy atom. The standard InChI is InChI=1S/C16H24N2O2/c1-20-12-13-5-4-10-18(11-13)16(19)15-7-3-2-6-14(15)8-9-17/h2-3,6-7,13H,4-5,8-12,17H2,1H3. The Morgan fingerprint density at radius 1 is 1.45 bits per heavy atom. The Morgan fingerprint density at radius 2 is 2.25 bits per heavy atom. The predicted molar refractivity (Wildman–Crippen MR) is 79.7 cm³/mol. The van der Waals surface area contributed by atoms with Gasteiger partial charge in [-0.25, -0.2) is 0 Å². The molecule has 1 saturated heterocycles. The fourth-order valence-electron chi connectivity index (χ4n) is 2.89. The highest BCUT2D eigenvalue weighted by molar-refractivity contribution is 5.95. The number of hydrogen-bond acceptors (Lipinski definition) is 3. The van der Waals surface area contributed by atoms with Crippen LogP contribution in [-0.2, 0) is 11.2 Å². The maximum atomic E-state index is 12.7. The van der Waals surface area contributed by atoms with Crippen LogP contribution in [0.5, 0.6) is 0 Å². The second kappa shape index (κ2) is 7.41. The molecule has 4 nitrogen and oxygen atoms in total. The maximum Gasteiger partial charge on any atom is 0.254 e. The van der Waals surface area contributed by atoms with Gasteiger partial charge in [0.1, 0.15) is 0 Å². The second-order valence-corrected chi connectivity index (χ2v) is 5.41. The van der Waals surface area contributed by atoms with Gasteiger partial charge in [0.05, 0.1) is 6.61 Å². The minimum Gasteiger partial charge on any atom is -0.384 e. The van der Waals surface area contributed by atoms with Gasteiger partial charge in [-0.1, -0.05) is 18.2 Å². The number of rotatable bonds is 5. The van der Waals surface area contributed by atoms with Gasteiger partial charge in [-0.15, -0.1) is 0 Å². The molecule has 0 aliphatic carbocycles. The third-order valence-corrected chi connectivity index (χ3v) is 3.87. The molecule has 1 fully saturated rings. The molecule has 0 aromatic heterocycles. The number of benzene rings is 1. The lowest BCUT2D eigenvalue weighted by Crippen LogP contribution is -2.41. The quantitative estimate of drug-likeness (QED) is 0.890. The van der Waals surface area contributed by atoms with E-state index < -0.39 is 0 Å². The Balaban J connectivity index is 2.10. The maximum absolute atomic E-state index is 12.7. The molecule has 1 unspecified atom stereocenters. The first-order valence-corrected chi connectivity index (χ1v) is 7.32. The van der Waals surface area contributed by atoms with Crippen LogP contribution >= 0.6 is 0 Å². The first kappa shape index (κ1) is 15.0. The smallest absolute Gasteiger partial charge is 0.254 e. The Hall–Kier alpha value is -1.39. The third kappa shape index (κ3) is 3.58. The summed E-state index contributed by atoms with van der Waals surface area (Å²) in [5.74, 6) is 0.592. The molecule has 0 radical (unpaired) electrons. The minimum absolute atomic E-state index is 0.134. The van der Waals surface area contributed by atoms with E-state index in [0.29, 0.717) is 12.5 Å². The van der Waals surface area contributed by atoms with E-state index in [2.05, 4.69) is 0 Å². The molecule has 0 bridgehead atoms. The number of methoxy groups -OCH3 is 1. The molecular formula is C16H24N2O2. The highest BCUT2D eigenvalue weighted by Gasteiger charge is 2.25. The highest BCUT2D eigenvalue weighted by atomic mass is 16.5. The molecule has 1 aromatic carbocycles. The van der Waals surface area contributed by atoms with Gasteiger partial charge in [-0.3, -0.25) is 4.79 Å². The van der Waals surface area contributed by atoms with Gasteiger partial charge in [-0.2, -0.15) is 0 Å². The zero-order valence-electron chi connectivity index (χ0n) is 12.2. The van der Waals surface area contributed by atoms with Crippen molar-refractivity contribution in [2.75, 3.05) is 33.4 Å². The van der Waals surface area contributed by atoms with Gasteiger partial charge in [0, 0.05) is 25.8 Å². The summed E-state index contributed by atoms with van der Waals surface area (Å²) in [4.78, 5) is 14.7. The normalized spacial score (nSPS) is 19.1. The summed E-state index contributed by atoms with van der Waals surface area (Å²) in [6.07, 6.45) is 2.94. The van der Waals surface area contributed by atoms with E-state index in [-0.39, 0.29) is 5.91 Å². The second-order valence-electron chi connectivity index (χ2n) is 5.41. The largest absolute Gasteiger partial charge is 0.384 e. The molecule has 1 heterocycles. The molecule has 2 rings (SSSR count). The van der Waals surface area contributed by atoms with Crippen LogP contribution in [-0.4, -0.2) is 44.2 Å². The van der Waals surface area contributed by atoms with Crippen LogP contribution in [0.25, 0.3) is 0 Å². The summed E-state index contributed by atoms with van der Waals surface area (Å²) in [6.45, 7) is 2.93. The number of piperidine rings is 1. The fourth-order valence-corrected chi connectivity index (χ4v) is 2.89. The van der Waals surface area contributed by atoms with Gasteiger partial charge in [-0.05, 0) is 43.4 Å². The van der Waals surface area contributed by atoms with Crippen molar-refractivity contribution < 1.29 is 9.53 Å². The molecule has 1 amide bonds. The monoisotopic (exact) mass is 276 g/mol. The van der Waals surface area contributed by atoms with E-state index in [9.17, 15) is 4.79 Å². The molecule has 2 N–H and O–H groups in total. The number of carbonyl (C=O) groups excluding carboxylic acids is 1. The summed E-state index contributed by atoms with van der Waals surface area (Å²) in [6, 6.07) is 7.79. The van der Waals surface area contributed by atoms with E-state index in [1.807, 2.05) is 29.2 Å². The van der Waals surface area contributed by atoms with Gasteiger partial charge in [0.2, 0.25) is 0 Å². The summed E-state index contributed by atoms with van der Waals surface area (Å²) in [7, 11) is 1.72. The molecule has 4 heteroatoms. The predicted octanol–water partition coefficient (Wildman–Crippen LogP) is 1.69. The molecule has 1 aliphatic rings.